The Morgan fingerprint density at radius 2 is 2.08 bits per heavy atom. The smallest absolute Gasteiger partial charge is 0.153 e. The third-order valence-electron chi connectivity index (χ3n) is 5.61. The topological polar surface area (TPSA) is 81.5 Å². The van der Waals surface area contributed by atoms with Crippen molar-refractivity contribution >= 4 is 5.82 Å². The molecule has 0 radical (unpaired) electrons. The first kappa shape index (κ1) is 14.0. The van der Waals surface area contributed by atoms with Gasteiger partial charge in [-0.3, -0.25) is 5.10 Å². The standard InChI is InChI=1S/C18H20N6/c19-8-13-2-1-7-20-18(13)24-9-14(11-3-4-11)15(10-24)17-21-16(22-23-17)12-5-6-12/h1-2,7,11-12,14-15H,3-6,9-10H2,(H,21,22,23)/t14-,15+/m1/s1. The highest BCUT2D eigenvalue weighted by Crippen LogP contribution is 2.48. The molecule has 2 aromatic rings. The zero-order valence-corrected chi connectivity index (χ0v) is 13.5. The first-order valence-electron chi connectivity index (χ1n) is 8.85. The van der Waals surface area contributed by atoms with Crippen molar-refractivity contribution < 1.29 is 0 Å². The molecular weight excluding hydrogens is 300 g/mol. The van der Waals surface area contributed by atoms with Gasteiger partial charge in [-0.15, -0.1) is 0 Å². The second-order valence-electron chi connectivity index (χ2n) is 7.35. The second-order valence-corrected chi connectivity index (χ2v) is 7.35. The summed E-state index contributed by atoms with van der Waals surface area (Å²) in [6, 6.07) is 5.95. The Morgan fingerprint density at radius 3 is 2.83 bits per heavy atom. The predicted octanol–water partition coefficient (Wildman–Crippen LogP) is 2.58. The summed E-state index contributed by atoms with van der Waals surface area (Å²) in [4.78, 5) is 11.6. The molecule has 122 valence electrons. The zero-order chi connectivity index (χ0) is 16.1. The molecule has 1 N–H and O–H groups in total. The highest BCUT2D eigenvalue weighted by Gasteiger charge is 2.45. The quantitative estimate of drug-likeness (QED) is 0.936. The normalized spacial score (nSPS) is 26.5. The molecule has 3 heterocycles. The van der Waals surface area contributed by atoms with E-state index in [2.05, 4.69) is 26.2 Å². The Balaban J connectivity index is 1.45. The number of H-pyrrole nitrogens is 1. The number of nitrogens with zero attached hydrogens (tertiary/aromatic N) is 5. The van der Waals surface area contributed by atoms with Gasteiger partial charge in [0, 0.05) is 31.1 Å². The van der Waals surface area contributed by atoms with Crippen LogP contribution in [-0.4, -0.2) is 33.3 Å². The van der Waals surface area contributed by atoms with E-state index in [1.807, 2.05) is 12.1 Å². The molecule has 2 aliphatic carbocycles. The lowest BCUT2D eigenvalue weighted by Crippen LogP contribution is -2.22. The molecule has 0 spiro atoms. The van der Waals surface area contributed by atoms with Gasteiger partial charge in [0.2, 0.25) is 0 Å². The minimum atomic E-state index is 0.367. The fourth-order valence-electron chi connectivity index (χ4n) is 4.01. The molecule has 6 heteroatoms. The SMILES string of the molecule is N#Cc1cccnc1N1C[C@H](c2nc(C3CC3)n[nH]2)[C@@H](C2CC2)C1. The van der Waals surface area contributed by atoms with Crippen molar-refractivity contribution in [3.05, 3.63) is 35.5 Å². The molecular formula is C18H20N6. The van der Waals surface area contributed by atoms with Crippen molar-refractivity contribution in [1.29, 1.82) is 5.26 Å². The number of rotatable bonds is 4. The molecule has 6 nitrogen and oxygen atoms in total. The van der Waals surface area contributed by atoms with Gasteiger partial charge in [0.15, 0.2) is 5.82 Å². The van der Waals surface area contributed by atoms with E-state index in [4.69, 9.17) is 4.98 Å². The summed E-state index contributed by atoms with van der Waals surface area (Å²) in [6.45, 7) is 1.83. The first-order valence-corrected chi connectivity index (χ1v) is 8.85. The molecule has 2 aromatic heterocycles. The highest BCUT2D eigenvalue weighted by atomic mass is 15.3. The molecule has 0 amide bonds. The lowest BCUT2D eigenvalue weighted by molar-refractivity contribution is 0.444. The van der Waals surface area contributed by atoms with Crippen molar-refractivity contribution in [3.63, 3.8) is 0 Å². The van der Waals surface area contributed by atoms with Crippen LogP contribution in [0.3, 0.4) is 0 Å². The summed E-state index contributed by atoms with van der Waals surface area (Å²) in [5.74, 6) is 5.15. The minimum Gasteiger partial charge on any atom is -0.354 e. The number of nitrogens with one attached hydrogen (secondary N) is 1. The van der Waals surface area contributed by atoms with Gasteiger partial charge in [-0.1, -0.05) is 0 Å². The predicted molar refractivity (Wildman–Crippen MR) is 88.5 cm³/mol. The number of aromatic nitrogens is 4. The van der Waals surface area contributed by atoms with E-state index >= 15 is 0 Å². The van der Waals surface area contributed by atoms with E-state index in [0.717, 1.165) is 36.5 Å². The molecule has 2 saturated carbocycles. The lowest BCUT2D eigenvalue weighted by atomic mass is 9.91. The Hall–Kier alpha value is -2.42. The summed E-state index contributed by atoms with van der Waals surface area (Å²) in [6.07, 6.45) is 6.84. The summed E-state index contributed by atoms with van der Waals surface area (Å²) >= 11 is 0. The lowest BCUT2D eigenvalue weighted by Gasteiger charge is -2.18. The Morgan fingerprint density at radius 1 is 1.21 bits per heavy atom. The minimum absolute atomic E-state index is 0.367. The largest absolute Gasteiger partial charge is 0.354 e. The van der Waals surface area contributed by atoms with Crippen LogP contribution in [-0.2, 0) is 0 Å². The Kier molecular flexibility index (Phi) is 3.09. The second kappa shape index (κ2) is 5.30. The van der Waals surface area contributed by atoms with Crippen LogP contribution in [0.5, 0.6) is 0 Å². The van der Waals surface area contributed by atoms with Gasteiger partial charge in [0.25, 0.3) is 0 Å². The fraction of sp³-hybridized carbons (Fsp3) is 0.556. The third-order valence-corrected chi connectivity index (χ3v) is 5.61. The van der Waals surface area contributed by atoms with Crippen molar-refractivity contribution in [2.24, 2.45) is 11.8 Å². The summed E-state index contributed by atoms with van der Waals surface area (Å²) in [5.41, 5.74) is 0.656. The monoisotopic (exact) mass is 320 g/mol. The average molecular weight is 320 g/mol. The number of hydrogen-bond acceptors (Lipinski definition) is 5. The Bertz CT molecular complexity index is 798. The summed E-state index contributed by atoms with van der Waals surface area (Å²) < 4.78 is 0. The number of pyridine rings is 1. The van der Waals surface area contributed by atoms with Gasteiger partial charge < -0.3 is 4.90 Å². The maximum atomic E-state index is 9.38. The molecule has 1 aliphatic heterocycles. The highest BCUT2D eigenvalue weighted by molar-refractivity contribution is 5.54. The molecule has 1 saturated heterocycles. The maximum Gasteiger partial charge on any atom is 0.153 e. The molecule has 24 heavy (non-hydrogen) atoms. The maximum absolute atomic E-state index is 9.38. The van der Waals surface area contributed by atoms with E-state index in [-0.39, 0.29) is 0 Å². The van der Waals surface area contributed by atoms with Gasteiger partial charge in [-0.2, -0.15) is 10.4 Å². The van der Waals surface area contributed by atoms with Crippen LogP contribution >= 0.6 is 0 Å². The van der Waals surface area contributed by atoms with Gasteiger partial charge >= 0.3 is 0 Å². The van der Waals surface area contributed by atoms with E-state index in [0.29, 0.717) is 23.3 Å². The van der Waals surface area contributed by atoms with Crippen molar-refractivity contribution in [3.8, 4) is 6.07 Å². The van der Waals surface area contributed by atoms with Crippen LogP contribution in [0, 0.1) is 23.2 Å². The molecule has 0 aromatic carbocycles. The molecule has 5 rings (SSSR count). The molecule has 0 bridgehead atoms. The van der Waals surface area contributed by atoms with Crippen LogP contribution in [0.15, 0.2) is 18.3 Å². The number of anilines is 1. The summed E-state index contributed by atoms with van der Waals surface area (Å²) in [5, 5.41) is 17.0. The van der Waals surface area contributed by atoms with Gasteiger partial charge in [-0.25, -0.2) is 9.97 Å². The van der Waals surface area contributed by atoms with E-state index in [1.54, 1.807) is 6.20 Å². The fourth-order valence-corrected chi connectivity index (χ4v) is 4.01. The van der Waals surface area contributed by atoms with Crippen molar-refractivity contribution in [2.75, 3.05) is 18.0 Å². The van der Waals surface area contributed by atoms with E-state index < -0.39 is 0 Å². The number of hydrogen-bond donors (Lipinski definition) is 1. The van der Waals surface area contributed by atoms with Crippen LogP contribution in [0.2, 0.25) is 0 Å². The first-order chi connectivity index (χ1) is 11.8. The average Bonchev–Trinajstić information content (AvgIpc) is 3.55. The third kappa shape index (κ3) is 2.35. The van der Waals surface area contributed by atoms with E-state index in [9.17, 15) is 5.26 Å². The van der Waals surface area contributed by atoms with Gasteiger partial charge in [0.05, 0.1) is 5.56 Å². The molecule has 2 atom stereocenters. The van der Waals surface area contributed by atoms with Crippen LogP contribution in [0.25, 0.3) is 0 Å². The molecule has 3 fully saturated rings. The van der Waals surface area contributed by atoms with Crippen molar-refractivity contribution in [1.82, 2.24) is 20.2 Å². The number of aromatic amines is 1. The van der Waals surface area contributed by atoms with Gasteiger partial charge in [0.1, 0.15) is 17.7 Å². The molecule has 3 aliphatic rings. The zero-order valence-electron chi connectivity index (χ0n) is 13.5. The van der Waals surface area contributed by atoms with Crippen LogP contribution in [0.1, 0.15) is 54.7 Å². The Labute approximate surface area is 140 Å². The molecule has 0 unspecified atom stereocenters. The van der Waals surface area contributed by atoms with Gasteiger partial charge in [-0.05, 0) is 49.7 Å². The van der Waals surface area contributed by atoms with Crippen LogP contribution < -0.4 is 4.90 Å². The van der Waals surface area contributed by atoms with E-state index in [1.165, 1.54) is 25.7 Å². The van der Waals surface area contributed by atoms with Crippen molar-refractivity contribution in [2.45, 2.75) is 37.5 Å². The van der Waals surface area contributed by atoms with Crippen LogP contribution in [0.4, 0.5) is 5.82 Å². The number of nitriles is 1. The summed E-state index contributed by atoms with van der Waals surface area (Å²) in [7, 11) is 0.